The topological polar surface area (TPSA) is 30.5 Å². The average molecular weight is 328 g/mol. The van der Waals surface area contributed by atoms with Gasteiger partial charge in [0.05, 0.1) is 11.6 Å². The van der Waals surface area contributed by atoms with Gasteiger partial charge < -0.3 is 14.8 Å². The number of methoxy groups -OCH3 is 1. The molecule has 1 fully saturated rings. The smallest absolute Gasteiger partial charge is 0.133 e. The molecule has 19 heavy (non-hydrogen) atoms. The summed E-state index contributed by atoms with van der Waals surface area (Å²) in [6.07, 6.45) is 3.44. The van der Waals surface area contributed by atoms with E-state index in [0.29, 0.717) is 12.1 Å². The predicted molar refractivity (Wildman–Crippen MR) is 80.7 cm³/mol. The van der Waals surface area contributed by atoms with Gasteiger partial charge in [0.1, 0.15) is 5.75 Å². The lowest BCUT2D eigenvalue weighted by atomic mass is 10.0. The summed E-state index contributed by atoms with van der Waals surface area (Å²) >= 11 is 3.54. The average Bonchev–Trinajstić information content (AvgIpc) is 2.67. The monoisotopic (exact) mass is 327 g/mol. The first-order chi connectivity index (χ1) is 9.20. The second-order valence-corrected chi connectivity index (χ2v) is 5.88. The molecular formula is C15H22BrNO2. The van der Waals surface area contributed by atoms with Crippen molar-refractivity contribution in [3.63, 3.8) is 0 Å². The van der Waals surface area contributed by atoms with Gasteiger partial charge in [0.25, 0.3) is 0 Å². The van der Waals surface area contributed by atoms with Crippen LogP contribution >= 0.6 is 15.9 Å². The number of hydrogen-bond donors (Lipinski definition) is 1. The molecule has 1 N–H and O–H groups in total. The summed E-state index contributed by atoms with van der Waals surface area (Å²) in [4.78, 5) is 0. The molecule has 4 heteroatoms. The van der Waals surface area contributed by atoms with Crippen LogP contribution in [0.25, 0.3) is 0 Å². The van der Waals surface area contributed by atoms with Crippen molar-refractivity contribution >= 4 is 15.9 Å². The van der Waals surface area contributed by atoms with Gasteiger partial charge in [-0.2, -0.15) is 0 Å². The molecule has 1 aromatic rings. The highest BCUT2D eigenvalue weighted by Crippen LogP contribution is 2.28. The van der Waals surface area contributed by atoms with Crippen LogP contribution in [0.3, 0.4) is 0 Å². The second kappa shape index (κ2) is 7.27. The second-order valence-electron chi connectivity index (χ2n) is 5.02. The molecule has 0 spiro atoms. The molecule has 0 saturated carbocycles. The molecule has 1 heterocycles. The van der Waals surface area contributed by atoms with E-state index in [4.69, 9.17) is 9.47 Å². The Balaban J connectivity index is 1.98. The summed E-state index contributed by atoms with van der Waals surface area (Å²) in [6.45, 7) is 3.98. The van der Waals surface area contributed by atoms with Crippen LogP contribution in [-0.4, -0.2) is 26.4 Å². The molecule has 1 aromatic carbocycles. The minimum Gasteiger partial charge on any atom is -0.496 e. The molecule has 0 amide bonds. The molecule has 0 aliphatic carbocycles. The number of halogens is 1. The molecule has 0 bridgehead atoms. The Hall–Kier alpha value is -0.580. The number of nitrogens with one attached hydrogen (secondary N) is 1. The maximum absolute atomic E-state index is 5.50. The maximum Gasteiger partial charge on any atom is 0.133 e. The Morgan fingerprint density at radius 1 is 1.37 bits per heavy atom. The minimum atomic E-state index is 0.338. The lowest BCUT2D eigenvalue weighted by Crippen LogP contribution is -2.31. The SMILES string of the molecule is COc1ccc(C(C)NC2CCCOCC2)cc1Br. The zero-order valence-corrected chi connectivity index (χ0v) is 13.2. The first-order valence-electron chi connectivity index (χ1n) is 6.88. The number of benzene rings is 1. The van der Waals surface area contributed by atoms with Gasteiger partial charge >= 0.3 is 0 Å². The van der Waals surface area contributed by atoms with Gasteiger partial charge in [-0.25, -0.2) is 0 Å². The molecule has 2 atom stereocenters. The van der Waals surface area contributed by atoms with Crippen molar-refractivity contribution in [1.82, 2.24) is 5.32 Å². The third-order valence-corrected chi connectivity index (χ3v) is 4.23. The van der Waals surface area contributed by atoms with Crippen molar-refractivity contribution < 1.29 is 9.47 Å². The van der Waals surface area contributed by atoms with Crippen LogP contribution in [0.15, 0.2) is 22.7 Å². The standard InChI is InChI=1S/C15H22BrNO2/c1-11(17-13-4-3-8-19-9-7-13)12-5-6-15(18-2)14(16)10-12/h5-6,10-11,13,17H,3-4,7-9H2,1-2H3. The fourth-order valence-electron chi connectivity index (χ4n) is 2.47. The van der Waals surface area contributed by atoms with E-state index in [2.05, 4.69) is 40.3 Å². The van der Waals surface area contributed by atoms with E-state index in [9.17, 15) is 0 Å². The molecule has 2 unspecified atom stereocenters. The van der Waals surface area contributed by atoms with Gasteiger partial charge in [0.15, 0.2) is 0 Å². The minimum absolute atomic E-state index is 0.338. The van der Waals surface area contributed by atoms with Crippen molar-refractivity contribution in [3.8, 4) is 5.75 Å². The Morgan fingerprint density at radius 3 is 2.95 bits per heavy atom. The molecule has 1 aliphatic heterocycles. The van der Waals surface area contributed by atoms with Gasteiger partial charge in [-0.1, -0.05) is 6.07 Å². The Morgan fingerprint density at radius 2 is 2.21 bits per heavy atom. The highest BCUT2D eigenvalue weighted by atomic mass is 79.9. The van der Waals surface area contributed by atoms with Crippen LogP contribution < -0.4 is 10.1 Å². The molecule has 1 saturated heterocycles. The van der Waals surface area contributed by atoms with Crippen LogP contribution in [0.2, 0.25) is 0 Å². The fourth-order valence-corrected chi connectivity index (χ4v) is 3.03. The highest BCUT2D eigenvalue weighted by Gasteiger charge is 2.16. The van der Waals surface area contributed by atoms with E-state index in [1.165, 1.54) is 12.0 Å². The summed E-state index contributed by atoms with van der Waals surface area (Å²) < 4.78 is 11.8. The number of hydrogen-bond acceptors (Lipinski definition) is 3. The zero-order chi connectivity index (χ0) is 13.7. The Labute approximate surface area is 123 Å². The third-order valence-electron chi connectivity index (χ3n) is 3.61. The largest absolute Gasteiger partial charge is 0.496 e. The summed E-state index contributed by atoms with van der Waals surface area (Å²) in [5, 5.41) is 3.70. The van der Waals surface area contributed by atoms with Crippen molar-refractivity contribution in [2.45, 2.75) is 38.3 Å². The van der Waals surface area contributed by atoms with Crippen molar-refractivity contribution in [2.24, 2.45) is 0 Å². The van der Waals surface area contributed by atoms with Crippen LogP contribution in [0.1, 0.15) is 37.8 Å². The van der Waals surface area contributed by atoms with E-state index in [-0.39, 0.29) is 0 Å². The van der Waals surface area contributed by atoms with Crippen molar-refractivity contribution in [3.05, 3.63) is 28.2 Å². The first kappa shape index (κ1) is 14.8. The van der Waals surface area contributed by atoms with E-state index >= 15 is 0 Å². The summed E-state index contributed by atoms with van der Waals surface area (Å²) in [5.41, 5.74) is 1.28. The van der Waals surface area contributed by atoms with Crippen molar-refractivity contribution in [2.75, 3.05) is 20.3 Å². The van der Waals surface area contributed by atoms with E-state index in [0.717, 1.165) is 36.3 Å². The van der Waals surface area contributed by atoms with E-state index in [1.54, 1.807) is 7.11 Å². The van der Waals surface area contributed by atoms with Gasteiger partial charge in [0.2, 0.25) is 0 Å². The number of ether oxygens (including phenoxy) is 2. The molecule has 106 valence electrons. The first-order valence-corrected chi connectivity index (χ1v) is 7.67. The lowest BCUT2D eigenvalue weighted by Gasteiger charge is -2.22. The summed E-state index contributed by atoms with van der Waals surface area (Å²) in [5.74, 6) is 0.874. The van der Waals surface area contributed by atoms with Gasteiger partial charge in [-0.15, -0.1) is 0 Å². The van der Waals surface area contributed by atoms with Gasteiger partial charge in [-0.05, 0) is 59.8 Å². The molecule has 2 rings (SSSR count). The van der Waals surface area contributed by atoms with Gasteiger partial charge in [-0.3, -0.25) is 0 Å². The maximum atomic E-state index is 5.50. The van der Waals surface area contributed by atoms with Crippen LogP contribution in [-0.2, 0) is 4.74 Å². The normalized spacial score (nSPS) is 21.7. The van der Waals surface area contributed by atoms with Crippen LogP contribution in [0, 0.1) is 0 Å². The fraction of sp³-hybridized carbons (Fsp3) is 0.600. The van der Waals surface area contributed by atoms with Crippen LogP contribution in [0.5, 0.6) is 5.75 Å². The Kier molecular flexibility index (Phi) is 5.67. The van der Waals surface area contributed by atoms with E-state index in [1.807, 2.05) is 6.07 Å². The third kappa shape index (κ3) is 4.20. The molecule has 3 nitrogen and oxygen atoms in total. The zero-order valence-electron chi connectivity index (χ0n) is 11.6. The van der Waals surface area contributed by atoms with E-state index < -0.39 is 0 Å². The predicted octanol–water partition coefficient (Wildman–Crippen LogP) is 3.68. The molecule has 1 aliphatic rings. The quantitative estimate of drug-likeness (QED) is 0.915. The number of rotatable bonds is 4. The van der Waals surface area contributed by atoms with Gasteiger partial charge in [0, 0.05) is 25.3 Å². The molecular weight excluding hydrogens is 306 g/mol. The van der Waals surface area contributed by atoms with Crippen molar-refractivity contribution in [1.29, 1.82) is 0 Å². The molecule has 0 radical (unpaired) electrons. The molecule has 0 aromatic heterocycles. The van der Waals surface area contributed by atoms with Crippen LogP contribution in [0.4, 0.5) is 0 Å². The lowest BCUT2D eigenvalue weighted by molar-refractivity contribution is 0.142. The Bertz CT molecular complexity index is 403. The highest BCUT2D eigenvalue weighted by molar-refractivity contribution is 9.10. The summed E-state index contributed by atoms with van der Waals surface area (Å²) in [6, 6.07) is 7.15. The summed E-state index contributed by atoms with van der Waals surface area (Å²) in [7, 11) is 1.69.